The van der Waals surface area contributed by atoms with Gasteiger partial charge in [-0.05, 0) is 85.7 Å². The number of pyridine rings is 1. The number of aromatic carboxylic acids is 1. The first-order chi connectivity index (χ1) is 19.6. The van der Waals surface area contributed by atoms with Crippen LogP contribution in [0.1, 0.15) is 79.2 Å². The molecule has 2 aromatic carbocycles. The third kappa shape index (κ3) is 6.06. The van der Waals surface area contributed by atoms with Crippen LogP contribution < -0.4 is 4.74 Å². The summed E-state index contributed by atoms with van der Waals surface area (Å²) in [6, 6.07) is 16.6. The largest absolute Gasteiger partial charge is 0.487 e. The van der Waals surface area contributed by atoms with E-state index in [9.17, 15) is 15.0 Å². The zero-order valence-corrected chi connectivity index (χ0v) is 24.8. The number of carbonyl (C=O) groups is 1. The number of allylic oxidation sites excluding steroid dienone is 1. The summed E-state index contributed by atoms with van der Waals surface area (Å²) in [6.45, 7) is 9.53. The molecule has 216 valence electrons. The Morgan fingerprint density at radius 3 is 2.68 bits per heavy atom. The van der Waals surface area contributed by atoms with Crippen LogP contribution in [0.25, 0.3) is 5.57 Å². The first-order valence-electron chi connectivity index (χ1n) is 14.5. The normalized spacial score (nSPS) is 23.5. The molecule has 1 saturated heterocycles. The lowest BCUT2D eigenvalue weighted by Gasteiger charge is -2.53. The van der Waals surface area contributed by atoms with Crippen molar-refractivity contribution in [2.45, 2.75) is 58.7 Å². The summed E-state index contributed by atoms with van der Waals surface area (Å²) in [7, 11) is 0. The first-order valence-corrected chi connectivity index (χ1v) is 14.8. The van der Waals surface area contributed by atoms with Gasteiger partial charge in [-0.2, -0.15) is 0 Å². The van der Waals surface area contributed by atoms with Crippen molar-refractivity contribution in [3.8, 4) is 5.75 Å². The maximum absolute atomic E-state index is 12.1. The lowest BCUT2D eigenvalue weighted by Crippen LogP contribution is -2.57. The number of halogens is 1. The van der Waals surface area contributed by atoms with E-state index in [4.69, 9.17) is 16.3 Å². The molecule has 2 N–H and O–H groups in total. The molecule has 1 aromatic heterocycles. The number of carboxylic acids is 1. The van der Waals surface area contributed by atoms with Gasteiger partial charge < -0.3 is 19.8 Å². The Morgan fingerprint density at radius 1 is 1.17 bits per heavy atom. The monoisotopic (exact) mass is 574 g/mol. The van der Waals surface area contributed by atoms with E-state index in [1.54, 1.807) is 24.4 Å². The van der Waals surface area contributed by atoms with Gasteiger partial charge >= 0.3 is 5.97 Å². The maximum Gasteiger partial charge on any atom is 0.335 e. The van der Waals surface area contributed by atoms with Crippen LogP contribution in [0.15, 0.2) is 66.9 Å². The molecule has 0 amide bonds. The fraction of sp³-hybridized carbons (Fsp3) is 0.412. The number of carboxylic acid groups (broad SMARTS) is 1. The highest BCUT2D eigenvalue weighted by atomic mass is 35.5. The van der Waals surface area contributed by atoms with Gasteiger partial charge in [0.15, 0.2) is 0 Å². The number of unbranched alkanes of at least 4 members (excludes halogenated alkanes) is 1. The maximum atomic E-state index is 12.1. The van der Waals surface area contributed by atoms with Crippen LogP contribution in [0.4, 0.5) is 0 Å². The van der Waals surface area contributed by atoms with E-state index in [1.807, 2.05) is 36.4 Å². The minimum Gasteiger partial charge on any atom is -0.487 e. The summed E-state index contributed by atoms with van der Waals surface area (Å²) in [4.78, 5) is 18.7. The average Bonchev–Trinajstić information content (AvgIpc) is 3.09. The molecule has 2 unspecified atom stereocenters. The van der Waals surface area contributed by atoms with E-state index in [0.717, 1.165) is 66.9 Å². The molecular weight excluding hydrogens is 536 g/mol. The van der Waals surface area contributed by atoms with Gasteiger partial charge in [0.05, 0.1) is 16.9 Å². The number of nitrogens with zero attached hydrogens (tertiary/aromatic N) is 2. The standard InChI is InChI=1S/C34H39ClN2O4/c1-23(2)20-33(3)22-37(18-15-34(33,40)25-10-12-26(35)13-11-25)17-5-4-7-27-28-8-6-16-36-30(28)21-41-31-14-9-24(32(38)39)19-29(27)31/h6-14,16,19,23,40H,4-5,15,17-18,20-22H2,1-3H3,(H,38,39)/b27-7+. The zero-order valence-electron chi connectivity index (χ0n) is 24.1. The van der Waals surface area contributed by atoms with Gasteiger partial charge in [-0.25, -0.2) is 4.79 Å². The molecule has 3 heterocycles. The van der Waals surface area contributed by atoms with Gasteiger partial charge in [0.2, 0.25) is 0 Å². The van der Waals surface area contributed by atoms with E-state index < -0.39 is 11.6 Å². The summed E-state index contributed by atoms with van der Waals surface area (Å²) >= 11 is 6.16. The van der Waals surface area contributed by atoms with Crippen molar-refractivity contribution >= 4 is 23.1 Å². The van der Waals surface area contributed by atoms with Crippen LogP contribution >= 0.6 is 11.6 Å². The molecule has 2 atom stereocenters. The second-order valence-electron chi connectivity index (χ2n) is 12.1. The van der Waals surface area contributed by atoms with E-state index >= 15 is 0 Å². The minimum atomic E-state index is -0.962. The molecule has 1 fully saturated rings. The number of fused-ring (bicyclic) bond motifs is 2. The van der Waals surface area contributed by atoms with Crippen molar-refractivity contribution in [3.63, 3.8) is 0 Å². The van der Waals surface area contributed by atoms with Crippen LogP contribution in [-0.2, 0) is 12.2 Å². The molecule has 0 saturated carbocycles. The lowest BCUT2D eigenvalue weighted by molar-refractivity contribution is -0.142. The van der Waals surface area contributed by atoms with E-state index in [0.29, 0.717) is 29.7 Å². The van der Waals surface area contributed by atoms with Crippen LogP contribution in [-0.4, -0.2) is 45.7 Å². The van der Waals surface area contributed by atoms with Crippen LogP contribution in [0.2, 0.25) is 5.02 Å². The van der Waals surface area contributed by atoms with Crippen LogP contribution in [0.3, 0.4) is 0 Å². The second-order valence-corrected chi connectivity index (χ2v) is 12.6. The molecule has 5 rings (SSSR count). The highest BCUT2D eigenvalue weighted by molar-refractivity contribution is 6.30. The van der Waals surface area contributed by atoms with Crippen molar-refractivity contribution in [1.29, 1.82) is 0 Å². The lowest BCUT2D eigenvalue weighted by atomic mass is 9.62. The quantitative estimate of drug-likeness (QED) is 0.277. The highest BCUT2D eigenvalue weighted by Gasteiger charge is 2.51. The van der Waals surface area contributed by atoms with Crippen LogP contribution in [0, 0.1) is 11.3 Å². The van der Waals surface area contributed by atoms with Gasteiger partial charge in [-0.3, -0.25) is 4.98 Å². The van der Waals surface area contributed by atoms with Gasteiger partial charge in [0, 0.05) is 40.9 Å². The van der Waals surface area contributed by atoms with Crippen molar-refractivity contribution in [3.05, 3.63) is 99.8 Å². The summed E-state index contributed by atoms with van der Waals surface area (Å²) in [5.41, 5.74) is 3.52. The number of hydrogen-bond donors (Lipinski definition) is 2. The zero-order chi connectivity index (χ0) is 29.2. The molecule has 0 radical (unpaired) electrons. The fourth-order valence-electron chi connectivity index (χ4n) is 6.74. The molecule has 0 aliphatic carbocycles. The topological polar surface area (TPSA) is 82.9 Å². The first kappa shape index (κ1) is 29.3. The van der Waals surface area contributed by atoms with Gasteiger partial charge in [-0.15, -0.1) is 0 Å². The van der Waals surface area contributed by atoms with Crippen molar-refractivity contribution in [2.75, 3.05) is 19.6 Å². The Bertz CT molecular complexity index is 1440. The highest BCUT2D eigenvalue weighted by Crippen LogP contribution is 2.50. The Morgan fingerprint density at radius 2 is 1.95 bits per heavy atom. The molecule has 6 nitrogen and oxygen atoms in total. The molecule has 7 heteroatoms. The predicted octanol–water partition coefficient (Wildman–Crippen LogP) is 7.18. The Balaban J connectivity index is 1.34. The number of likely N-dealkylation sites (tertiary alicyclic amines) is 1. The van der Waals surface area contributed by atoms with Crippen molar-refractivity contribution < 1.29 is 19.7 Å². The number of piperidine rings is 1. The van der Waals surface area contributed by atoms with E-state index in [1.165, 1.54) is 0 Å². The second kappa shape index (κ2) is 12.0. The summed E-state index contributed by atoms with van der Waals surface area (Å²) < 4.78 is 6.02. The van der Waals surface area contributed by atoms with E-state index in [-0.39, 0.29) is 11.0 Å². The van der Waals surface area contributed by atoms with Crippen LogP contribution in [0.5, 0.6) is 5.75 Å². The fourth-order valence-corrected chi connectivity index (χ4v) is 6.86. The smallest absolute Gasteiger partial charge is 0.335 e. The Kier molecular flexibility index (Phi) is 8.55. The minimum absolute atomic E-state index is 0.233. The molecule has 0 spiro atoms. The summed E-state index contributed by atoms with van der Waals surface area (Å²) in [6.07, 6.45) is 7.29. The molecular formula is C34H39ClN2O4. The molecule has 41 heavy (non-hydrogen) atoms. The number of benzene rings is 2. The van der Waals surface area contributed by atoms with Gasteiger partial charge in [-0.1, -0.05) is 56.6 Å². The third-order valence-corrected chi connectivity index (χ3v) is 8.88. The Labute approximate surface area is 247 Å². The molecule has 2 aliphatic heterocycles. The molecule has 3 aromatic rings. The van der Waals surface area contributed by atoms with Crippen molar-refractivity contribution in [1.82, 2.24) is 9.88 Å². The summed E-state index contributed by atoms with van der Waals surface area (Å²) in [5.74, 6) is 0.155. The predicted molar refractivity (Wildman–Crippen MR) is 162 cm³/mol. The average molecular weight is 575 g/mol. The number of aliphatic hydroxyl groups is 1. The third-order valence-electron chi connectivity index (χ3n) is 8.63. The molecule has 0 bridgehead atoms. The van der Waals surface area contributed by atoms with Crippen molar-refractivity contribution in [2.24, 2.45) is 11.3 Å². The number of ether oxygens (including phenoxy) is 1. The van der Waals surface area contributed by atoms with Gasteiger partial charge in [0.1, 0.15) is 12.4 Å². The number of aromatic nitrogens is 1. The van der Waals surface area contributed by atoms with Gasteiger partial charge in [0.25, 0.3) is 0 Å². The SMILES string of the molecule is CC(C)CC1(C)CN(CCC/C=C2/c3cc(C(=O)O)ccc3OCc3ncccc32)CCC1(O)c1ccc(Cl)cc1. The number of hydrogen-bond acceptors (Lipinski definition) is 5. The number of rotatable bonds is 8. The Hall–Kier alpha value is -3.19. The van der Waals surface area contributed by atoms with E-state index in [2.05, 4.69) is 36.7 Å². The molecule has 2 aliphatic rings. The summed E-state index contributed by atoms with van der Waals surface area (Å²) in [5, 5.41) is 22.4.